The van der Waals surface area contributed by atoms with Crippen LogP contribution >= 0.6 is 0 Å². The number of benzene rings is 1. The van der Waals surface area contributed by atoms with Crippen molar-refractivity contribution in [2.75, 3.05) is 0 Å². The lowest BCUT2D eigenvalue weighted by Gasteiger charge is -1.94. The molecule has 2 rings (SSSR count). The van der Waals surface area contributed by atoms with Gasteiger partial charge in [-0.1, -0.05) is 41.7 Å². The van der Waals surface area contributed by atoms with Crippen LogP contribution < -0.4 is 0 Å². The van der Waals surface area contributed by atoms with Crippen molar-refractivity contribution < 1.29 is 0 Å². The van der Waals surface area contributed by atoms with Crippen molar-refractivity contribution in [1.82, 2.24) is 0 Å². The van der Waals surface area contributed by atoms with E-state index in [1.54, 1.807) is 0 Å². The molecule has 0 unspecified atom stereocenters. The highest BCUT2D eigenvalue weighted by molar-refractivity contribution is 5.25. The molecular weight excluding hydrogens is 156 g/mol. The van der Waals surface area contributed by atoms with Gasteiger partial charge in [0.1, 0.15) is 0 Å². The van der Waals surface area contributed by atoms with Crippen LogP contribution in [-0.4, -0.2) is 0 Å². The maximum absolute atomic E-state index is 3.27. The molecule has 0 spiro atoms. The molecule has 0 aliphatic heterocycles. The van der Waals surface area contributed by atoms with Crippen molar-refractivity contribution in [3.05, 3.63) is 35.4 Å². The molecule has 13 heavy (non-hydrogen) atoms. The summed E-state index contributed by atoms with van der Waals surface area (Å²) in [6.07, 6.45) is 3.55. The molecule has 1 aromatic rings. The Morgan fingerprint density at radius 2 is 1.92 bits per heavy atom. The van der Waals surface area contributed by atoms with Gasteiger partial charge in [0, 0.05) is 12.3 Å². The number of aryl methyl sites for hydroxylation is 1. The fraction of sp³-hybridized carbons (Fsp3) is 0.385. The summed E-state index contributed by atoms with van der Waals surface area (Å²) < 4.78 is 0. The van der Waals surface area contributed by atoms with E-state index in [1.807, 2.05) is 0 Å². The lowest BCUT2D eigenvalue weighted by atomic mass is 10.1. The van der Waals surface area contributed by atoms with Gasteiger partial charge in [0.05, 0.1) is 0 Å². The Bertz CT molecular complexity index is 331. The predicted octanol–water partition coefficient (Wildman–Crippen LogP) is 2.95. The maximum Gasteiger partial charge on any atom is 0.0340 e. The van der Waals surface area contributed by atoms with Crippen molar-refractivity contribution in [3.63, 3.8) is 0 Å². The van der Waals surface area contributed by atoms with Crippen LogP contribution in [0.2, 0.25) is 0 Å². The third kappa shape index (κ3) is 2.63. The minimum Gasteiger partial charge on any atom is -0.0996 e. The van der Waals surface area contributed by atoms with Gasteiger partial charge in [-0.05, 0) is 25.3 Å². The molecule has 0 saturated heterocycles. The Kier molecular flexibility index (Phi) is 2.36. The van der Waals surface area contributed by atoms with Crippen LogP contribution in [0.1, 0.15) is 24.0 Å². The van der Waals surface area contributed by atoms with Crippen LogP contribution in [0, 0.1) is 24.7 Å². The highest BCUT2D eigenvalue weighted by Gasteiger charge is 2.17. The summed E-state index contributed by atoms with van der Waals surface area (Å²) in [6.45, 7) is 2.11. The SMILES string of the molecule is Cc1ccc(CC#CC2CC2)cc1. The fourth-order valence-electron chi connectivity index (χ4n) is 1.23. The van der Waals surface area contributed by atoms with E-state index in [0.717, 1.165) is 12.3 Å². The first-order valence-corrected chi connectivity index (χ1v) is 4.88. The second-order valence-corrected chi connectivity index (χ2v) is 3.76. The second kappa shape index (κ2) is 3.66. The van der Waals surface area contributed by atoms with Gasteiger partial charge in [0.2, 0.25) is 0 Å². The molecule has 0 amide bonds. The third-order valence-corrected chi connectivity index (χ3v) is 2.30. The molecule has 0 N–H and O–H groups in total. The van der Waals surface area contributed by atoms with Crippen LogP contribution in [-0.2, 0) is 6.42 Å². The van der Waals surface area contributed by atoms with Gasteiger partial charge in [-0.3, -0.25) is 0 Å². The summed E-state index contributed by atoms with van der Waals surface area (Å²) >= 11 is 0. The summed E-state index contributed by atoms with van der Waals surface area (Å²) in [5.74, 6) is 7.23. The van der Waals surface area contributed by atoms with Crippen molar-refractivity contribution in [2.45, 2.75) is 26.2 Å². The van der Waals surface area contributed by atoms with E-state index >= 15 is 0 Å². The standard InChI is InChI=1S/C13H14/c1-11-5-7-12(8-6-11)3-2-4-13-9-10-13/h5-8,13H,3,9-10H2,1H3. The van der Waals surface area contributed by atoms with Gasteiger partial charge in [0.25, 0.3) is 0 Å². The number of rotatable bonds is 1. The van der Waals surface area contributed by atoms with E-state index in [4.69, 9.17) is 0 Å². The Morgan fingerprint density at radius 1 is 1.23 bits per heavy atom. The smallest absolute Gasteiger partial charge is 0.0340 e. The minimum absolute atomic E-state index is 0.727. The topological polar surface area (TPSA) is 0 Å². The van der Waals surface area contributed by atoms with Gasteiger partial charge >= 0.3 is 0 Å². The van der Waals surface area contributed by atoms with Gasteiger partial charge in [0.15, 0.2) is 0 Å². The molecule has 0 heterocycles. The van der Waals surface area contributed by atoms with Crippen molar-refractivity contribution in [3.8, 4) is 11.8 Å². The Labute approximate surface area is 80.0 Å². The van der Waals surface area contributed by atoms with E-state index in [2.05, 4.69) is 43.0 Å². The molecule has 0 atom stereocenters. The highest BCUT2D eigenvalue weighted by atomic mass is 14.2. The molecule has 66 valence electrons. The molecular formula is C13H14. The Hall–Kier alpha value is -1.22. The summed E-state index contributed by atoms with van der Waals surface area (Å²) in [4.78, 5) is 0. The summed E-state index contributed by atoms with van der Waals surface area (Å²) in [7, 11) is 0. The molecule has 1 aromatic carbocycles. The van der Waals surface area contributed by atoms with Crippen LogP contribution in [0.3, 0.4) is 0 Å². The van der Waals surface area contributed by atoms with E-state index in [-0.39, 0.29) is 0 Å². The Balaban J connectivity index is 1.94. The van der Waals surface area contributed by atoms with Gasteiger partial charge in [-0.2, -0.15) is 0 Å². The number of hydrogen-bond acceptors (Lipinski definition) is 0. The summed E-state index contributed by atoms with van der Waals surface area (Å²) in [6, 6.07) is 8.62. The zero-order chi connectivity index (χ0) is 9.10. The molecule has 0 radical (unpaired) electrons. The molecule has 1 aliphatic rings. The highest BCUT2D eigenvalue weighted by Crippen LogP contribution is 2.27. The van der Waals surface area contributed by atoms with Gasteiger partial charge < -0.3 is 0 Å². The van der Waals surface area contributed by atoms with Crippen molar-refractivity contribution in [1.29, 1.82) is 0 Å². The van der Waals surface area contributed by atoms with Crippen molar-refractivity contribution in [2.24, 2.45) is 5.92 Å². The quantitative estimate of drug-likeness (QED) is 0.568. The first-order valence-electron chi connectivity index (χ1n) is 4.88. The molecule has 1 aliphatic carbocycles. The van der Waals surface area contributed by atoms with Crippen LogP contribution in [0.15, 0.2) is 24.3 Å². The number of hydrogen-bond donors (Lipinski definition) is 0. The summed E-state index contributed by atoms with van der Waals surface area (Å²) in [5, 5.41) is 0. The average Bonchev–Trinajstić information content (AvgIpc) is 2.92. The van der Waals surface area contributed by atoms with E-state index in [9.17, 15) is 0 Å². The largest absolute Gasteiger partial charge is 0.0996 e. The molecule has 0 aromatic heterocycles. The fourth-order valence-corrected chi connectivity index (χ4v) is 1.23. The lowest BCUT2D eigenvalue weighted by molar-refractivity contribution is 1.17. The predicted molar refractivity (Wildman–Crippen MR) is 55.4 cm³/mol. The lowest BCUT2D eigenvalue weighted by Crippen LogP contribution is -1.81. The van der Waals surface area contributed by atoms with Gasteiger partial charge in [-0.15, -0.1) is 0 Å². The molecule has 1 fully saturated rings. The molecule has 0 bridgehead atoms. The first kappa shape index (κ1) is 8.38. The molecule has 0 heteroatoms. The maximum atomic E-state index is 3.27. The normalized spacial score (nSPS) is 14.8. The van der Waals surface area contributed by atoms with Crippen LogP contribution in [0.4, 0.5) is 0 Å². The van der Waals surface area contributed by atoms with Gasteiger partial charge in [-0.25, -0.2) is 0 Å². The minimum atomic E-state index is 0.727. The molecule has 1 saturated carbocycles. The average molecular weight is 170 g/mol. The second-order valence-electron chi connectivity index (χ2n) is 3.76. The zero-order valence-electron chi connectivity index (χ0n) is 8.01. The third-order valence-electron chi connectivity index (χ3n) is 2.30. The monoisotopic (exact) mass is 170 g/mol. The van der Waals surface area contributed by atoms with Crippen molar-refractivity contribution >= 4 is 0 Å². The first-order chi connectivity index (χ1) is 6.34. The summed E-state index contributed by atoms with van der Waals surface area (Å²) in [5.41, 5.74) is 2.65. The van der Waals surface area contributed by atoms with E-state index in [0.29, 0.717) is 0 Å². The van der Waals surface area contributed by atoms with E-state index in [1.165, 1.54) is 24.0 Å². The van der Waals surface area contributed by atoms with Crippen LogP contribution in [0.5, 0.6) is 0 Å². The van der Waals surface area contributed by atoms with Crippen LogP contribution in [0.25, 0.3) is 0 Å². The molecule has 0 nitrogen and oxygen atoms in total. The Morgan fingerprint density at radius 3 is 2.54 bits per heavy atom. The van der Waals surface area contributed by atoms with E-state index < -0.39 is 0 Å². The zero-order valence-corrected chi connectivity index (χ0v) is 8.01.